The summed E-state index contributed by atoms with van der Waals surface area (Å²) in [5.41, 5.74) is 4.69. The molecular weight excluding hydrogens is 636 g/mol. The lowest BCUT2D eigenvalue weighted by molar-refractivity contribution is -0.143. The summed E-state index contributed by atoms with van der Waals surface area (Å²) >= 11 is 0. The fourth-order valence-electron chi connectivity index (χ4n) is 5.25. The predicted molar refractivity (Wildman–Crippen MR) is 197 cm³/mol. The van der Waals surface area contributed by atoms with Crippen LogP contribution in [0.4, 0.5) is 4.79 Å². The number of amides is 6. The van der Waals surface area contributed by atoms with Crippen molar-refractivity contribution in [3.05, 3.63) is 35.9 Å². The first-order chi connectivity index (χ1) is 23.2. The van der Waals surface area contributed by atoms with E-state index < -0.39 is 70.6 Å². The number of likely N-dealkylation sites (tertiary alicyclic amines) is 1. The Bertz CT molecular complexity index is 1290. The highest BCUT2D eigenvalue weighted by atomic mass is 16.2. The second kappa shape index (κ2) is 20.0. The van der Waals surface area contributed by atoms with Crippen LogP contribution in [0, 0.1) is 17.3 Å². The number of carbonyl (C=O) groups excluding carboxylic acids is 6. The quantitative estimate of drug-likeness (QED) is 0.200. The Morgan fingerprint density at radius 2 is 1.40 bits per heavy atom. The lowest BCUT2D eigenvalue weighted by Gasteiger charge is -2.36. The van der Waals surface area contributed by atoms with E-state index in [0.29, 0.717) is 19.3 Å². The number of urea groups is 1. The molecule has 3 rings (SSSR count). The third kappa shape index (κ3) is 14.9. The predicted octanol–water partition coefficient (Wildman–Crippen LogP) is 4.55. The van der Waals surface area contributed by atoms with Crippen LogP contribution in [0.3, 0.4) is 0 Å². The van der Waals surface area contributed by atoms with Gasteiger partial charge in [0.1, 0.15) is 18.1 Å². The molecule has 1 saturated heterocycles. The number of nitrogens with zero attached hydrogens (tertiary/aromatic N) is 1. The molecule has 1 aliphatic heterocycles. The summed E-state index contributed by atoms with van der Waals surface area (Å²) < 4.78 is 0. The van der Waals surface area contributed by atoms with Crippen LogP contribution in [0.1, 0.15) is 120 Å². The zero-order valence-electron chi connectivity index (χ0n) is 32.3. The van der Waals surface area contributed by atoms with Gasteiger partial charge in [0.15, 0.2) is 0 Å². The number of Topliss-reactive ketones (excluding diaryl/α,β-unsaturated/α-hetero) is 1. The molecular formula is C38H64N6O6. The second-order valence-electron chi connectivity index (χ2n) is 15.7. The number of nitrogens with one attached hydrogen (secondary N) is 4. The van der Waals surface area contributed by atoms with Gasteiger partial charge in [0.05, 0.1) is 11.6 Å². The fraction of sp³-hybridized carbons (Fsp3) is 0.684. The monoisotopic (exact) mass is 700 g/mol. The van der Waals surface area contributed by atoms with E-state index in [1.165, 1.54) is 11.3 Å². The number of ketones is 1. The molecule has 1 aliphatic carbocycles. The molecule has 1 aromatic rings. The zero-order valence-corrected chi connectivity index (χ0v) is 32.3. The summed E-state index contributed by atoms with van der Waals surface area (Å²) in [7, 11) is 0. The number of carbonyl (C=O) groups is 6. The summed E-state index contributed by atoms with van der Waals surface area (Å²) in [6, 6.07) is 4.92. The Hall–Kier alpha value is -3.96. The summed E-state index contributed by atoms with van der Waals surface area (Å²) in [6.45, 7) is 21.7. The fourth-order valence-corrected chi connectivity index (χ4v) is 5.25. The highest BCUT2D eigenvalue weighted by Gasteiger charge is 2.43. The van der Waals surface area contributed by atoms with Crippen LogP contribution in [-0.2, 0) is 29.5 Å². The largest absolute Gasteiger partial charge is 0.363 e. The molecule has 0 radical (unpaired) electrons. The molecule has 2 aliphatic rings. The minimum Gasteiger partial charge on any atom is -0.363 e. The standard InChI is InChI=1S/C31H46N6O6.C4H10.C3H8/c1-18(26(40)36-31(5,6)20-11-8-7-9-12-20)33-29(43)35-24(30(2,3)4)28(42)37-16-10-13-22(37)27(41)34-21(17-19-14-15-19)23(38)25(32)39;1-4(2)3;1-3-2/h7-9,11-12,18-19,21-22,24H,10,13-17H2,1-6H3,(H2,32,39)(H,34,41)(H,36,40)(H2,33,35,43);4H,1-3H3;3H2,1-2H3. The zero-order chi connectivity index (χ0) is 38.4. The summed E-state index contributed by atoms with van der Waals surface area (Å²) in [5, 5.41) is 10.9. The lowest BCUT2D eigenvalue weighted by atomic mass is 9.85. The molecule has 0 aromatic heterocycles. The van der Waals surface area contributed by atoms with Gasteiger partial charge in [-0.15, -0.1) is 0 Å². The lowest BCUT2D eigenvalue weighted by Crippen LogP contribution is -2.61. The molecule has 6 amide bonds. The maximum Gasteiger partial charge on any atom is 0.316 e. The van der Waals surface area contributed by atoms with Crippen LogP contribution in [-0.4, -0.2) is 71.1 Å². The molecule has 50 heavy (non-hydrogen) atoms. The number of nitrogens with two attached hydrogens (primary N) is 1. The SMILES string of the molecule is CC(C)C.CC(NC(=O)NC(C(=O)N1CCCC1C(=O)NC(CC1CC1)C(=O)C(N)=O)C(C)(C)C)C(=O)NC(C)(C)c1ccccc1.CCC. The Morgan fingerprint density at radius 1 is 0.860 bits per heavy atom. The van der Waals surface area contributed by atoms with Gasteiger partial charge >= 0.3 is 6.03 Å². The topological polar surface area (TPSA) is 180 Å². The maximum absolute atomic E-state index is 13.8. The van der Waals surface area contributed by atoms with Gasteiger partial charge in [-0.3, -0.25) is 24.0 Å². The molecule has 282 valence electrons. The van der Waals surface area contributed by atoms with Crippen molar-refractivity contribution in [3.63, 3.8) is 0 Å². The number of hydrogen-bond donors (Lipinski definition) is 5. The number of primary amides is 1. The molecule has 4 atom stereocenters. The van der Waals surface area contributed by atoms with Gasteiger partial charge in [0, 0.05) is 6.54 Å². The summed E-state index contributed by atoms with van der Waals surface area (Å²) in [6.07, 6.45) is 4.33. The van der Waals surface area contributed by atoms with Crippen LogP contribution in [0.2, 0.25) is 0 Å². The van der Waals surface area contributed by atoms with Crippen LogP contribution in [0.15, 0.2) is 30.3 Å². The van der Waals surface area contributed by atoms with E-state index in [9.17, 15) is 28.8 Å². The highest BCUT2D eigenvalue weighted by molar-refractivity contribution is 6.37. The van der Waals surface area contributed by atoms with Gasteiger partial charge in [-0.25, -0.2) is 4.79 Å². The van der Waals surface area contributed by atoms with Crippen molar-refractivity contribution in [2.75, 3.05) is 6.54 Å². The summed E-state index contributed by atoms with van der Waals surface area (Å²) in [5.74, 6) is -2.27. The smallest absolute Gasteiger partial charge is 0.316 e. The number of benzene rings is 1. The van der Waals surface area contributed by atoms with Gasteiger partial charge < -0.3 is 31.9 Å². The van der Waals surface area contributed by atoms with E-state index in [-0.39, 0.29) is 12.5 Å². The van der Waals surface area contributed by atoms with Gasteiger partial charge in [0.25, 0.3) is 5.91 Å². The van der Waals surface area contributed by atoms with E-state index >= 15 is 0 Å². The van der Waals surface area contributed by atoms with Crippen molar-refractivity contribution in [1.29, 1.82) is 0 Å². The highest BCUT2D eigenvalue weighted by Crippen LogP contribution is 2.34. The molecule has 1 aromatic carbocycles. The van der Waals surface area contributed by atoms with E-state index in [1.54, 1.807) is 27.7 Å². The van der Waals surface area contributed by atoms with E-state index in [1.807, 2.05) is 44.2 Å². The maximum atomic E-state index is 13.8. The third-order valence-electron chi connectivity index (χ3n) is 8.04. The average molecular weight is 701 g/mol. The Kier molecular flexibility index (Phi) is 17.7. The molecule has 1 saturated carbocycles. The molecule has 0 bridgehead atoms. The van der Waals surface area contributed by atoms with Gasteiger partial charge in [0.2, 0.25) is 23.5 Å². The molecule has 2 fully saturated rings. The van der Waals surface area contributed by atoms with E-state index in [0.717, 1.165) is 24.3 Å². The van der Waals surface area contributed by atoms with Crippen LogP contribution in [0.25, 0.3) is 0 Å². The number of rotatable bonds is 12. The first-order valence-electron chi connectivity index (χ1n) is 18.0. The van der Waals surface area contributed by atoms with Crippen molar-refractivity contribution >= 4 is 35.4 Å². The molecule has 4 unspecified atom stereocenters. The first kappa shape index (κ1) is 44.1. The Labute approximate surface area is 299 Å². The van der Waals surface area contributed by atoms with Crippen molar-refractivity contribution in [1.82, 2.24) is 26.2 Å². The third-order valence-corrected chi connectivity index (χ3v) is 8.04. The summed E-state index contributed by atoms with van der Waals surface area (Å²) in [4.78, 5) is 78.4. The first-order valence-corrected chi connectivity index (χ1v) is 18.0. The molecule has 12 heteroatoms. The van der Waals surface area contributed by atoms with E-state index in [4.69, 9.17) is 5.73 Å². The molecule has 0 spiro atoms. The van der Waals surface area contributed by atoms with Crippen molar-refractivity contribution in [2.24, 2.45) is 23.0 Å². The minimum atomic E-state index is -1.11. The number of hydrogen-bond acceptors (Lipinski definition) is 6. The van der Waals surface area contributed by atoms with Gasteiger partial charge in [-0.2, -0.15) is 0 Å². The van der Waals surface area contributed by atoms with Crippen molar-refractivity contribution in [3.8, 4) is 0 Å². The average Bonchev–Trinajstić information content (AvgIpc) is 3.69. The van der Waals surface area contributed by atoms with Crippen LogP contribution < -0.4 is 27.0 Å². The van der Waals surface area contributed by atoms with Gasteiger partial charge in [-0.05, 0) is 62.8 Å². The second-order valence-corrected chi connectivity index (χ2v) is 15.7. The molecule has 12 nitrogen and oxygen atoms in total. The molecule has 6 N–H and O–H groups in total. The van der Waals surface area contributed by atoms with Crippen LogP contribution in [0.5, 0.6) is 0 Å². The minimum absolute atomic E-state index is 0.247. The Morgan fingerprint density at radius 3 is 1.88 bits per heavy atom. The Balaban J connectivity index is 0.00000163. The van der Waals surface area contributed by atoms with Gasteiger partial charge in [-0.1, -0.05) is 105 Å². The van der Waals surface area contributed by atoms with Crippen molar-refractivity contribution in [2.45, 2.75) is 144 Å². The van der Waals surface area contributed by atoms with Crippen molar-refractivity contribution < 1.29 is 28.8 Å². The van der Waals surface area contributed by atoms with E-state index in [2.05, 4.69) is 55.9 Å². The molecule has 1 heterocycles. The van der Waals surface area contributed by atoms with Crippen LogP contribution >= 0.6 is 0 Å². The normalized spacial score (nSPS) is 17.4.